The van der Waals surface area contributed by atoms with Gasteiger partial charge in [0, 0.05) is 0 Å². The van der Waals surface area contributed by atoms with Crippen LogP contribution in [0, 0.1) is 23.7 Å². The van der Waals surface area contributed by atoms with Crippen LogP contribution in [0.2, 0.25) is 0 Å². The van der Waals surface area contributed by atoms with Crippen molar-refractivity contribution >= 4 is 0 Å². The summed E-state index contributed by atoms with van der Waals surface area (Å²) in [6, 6.07) is 0. The third-order valence-corrected chi connectivity index (χ3v) is 4.47. The molecule has 0 aromatic rings. The van der Waals surface area contributed by atoms with Crippen LogP contribution in [0.3, 0.4) is 0 Å². The van der Waals surface area contributed by atoms with Gasteiger partial charge >= 0.3 is 0 Å². The van der Waals surface area contributed by atoms with Gasteiger partial charge in [-0.15, -0.1) is 0 Å². The normalized spacial score (nSPS) is 25.9. The van der Waals surface area contributed by atoms with E-state index >= 15 is 0 Å². The third kappa shape index (κ3) is 5.94. The lowest BCUT2D eigenvalue weighted by atomic mass is 9.85. The van der Waals surface area contributed by atoms with E-state index in [2.05, 4.69) is 65.2 Å². The lowest BCUT2D eigenvalue weighted by molar-refractivity contribution is 0.429. The molecule has 0 bridgehead atoms. The fourth-order valence-corrected chi connectivity index (χ4v) is 2.69. The summed E-state index contributed by atoms with van der Waals surface area (Å²) < 4.78 is 0. The van der Waals surface area contributed by atoms with Crippen molar-refractivity contribution in [3.63, 3.8) is 0 Å². The van der Waals surface area contributed by atoms with Gasteiger partial charge in [-0.1, -0.05) is 76.3 Å². The fraction of sp³-hybridized carbons (Fsp3) is 0.600. The number of allylic oxidation sites excluding steroid dienone is 6. The van der Waals surface area contributed by atoms with E-state index in [1.165, 1.54) is 36.8 Å². The Morgan fingerprint density at radius 2 is 1.15 bits per heavy atom. The zero-order valence-corrected chi connectivity index (χ0v) is 13.9. The standard InChI is InChI=1S/2C10H16/c2*1-8(2)10-6-4-9(3)5-7-10/h2*4,6,8,10H,3,5,7H2,1-2H3. The second-order valence-electron chi connectivity index (χ2n) is 6.93. The molecular formula is C20H32. The molecule has 0 heteroatoms. The highest BCUT2D eigenvalue weighted by Gasteiger charge is 2.13. The molecule has 0 N–H and O–H groups in total. The molecule has 0 heterocycles. The molecule has 2 atom stereocenters. The predicted octanol–water partition coefficient (Wildman–Crippen LogP) is 6.33. The van der Waals surface area contributed by atoms with Crippen molar-refractivity contribution < 1.29 is 0 Å². The van der Waals surface area contributed by atoms with Gasteiger partial charge in [0.15, 0.2) is 0 Å². The van der Waals surface area contributed by atoms with E-state index < -0.39 is 0 Å². The van der Waals surface area contributed by atoms with E-state index in [0.717, 1.165) is 23.7 Å². The van der Waals surface area contributed by atoms with Crippen molar-refractivity contribution in [2.75, 3.05) is 0 Å². The van der Waals surface area contributed by atoms with Gasteiger partial charge in [0.1, 0.15) is 0 Å². The second-order valence-corrected chi connectivity index (χ2v) is 6.93. The van der Waals surface area contributed by atoms with E-state index in [1.54, 1.807) is 0 Å². The van der Waals surface area contributed by atoms with Crippen LogP contribution in [-0.2, 0) is 0 Å². The molecule has 0 spiro atoms. The maximum atomic E-state index is 3.92. The fourth-order valence-electron chi connectivity index (χ4n) is 2.69. The monoisotopic (exact) mass is 272 g/mol. The molecule has 2 rings (SSSR count). The summed E-state index contributed by atoms with van der Waals surface area (Å²) in [6.07, 6.45) is 13.9. The highest BCUT2D eigenvalue weighted by molar-refractivity contribution is 5.19. The number of hydrogen-bond donors (Lipinski definition) is 0. The van der Waals surface area contributed by atoms with Crippen LogP contribution in [0.25, 0.3) is 0 Å². The molecule has 0 amide bonds. The van der Waals surface area contributed by atoms with Gasteiger partial charge in [0.2, 0.25) is 0 Å². The minimum atomic E-state index is 0.796. The molecule has 0 aromatic carbocycles. The van der Waals surface area contributed by atoms with Crippen molar-refractivity contribution in [3.05, 3.63) is 48.6 Å². The Bertz CT molecular complexity index is 341. The smallest absolute Gasteiger partial charge is 0.0204 e. The van der Waals surface area contributed by atoms with Crippen molar-refractivity contribution in [1.29, 1.82) is 0 Å². The van der Waals surface area contributed by atoms with Gasteiger partial charge in [-0.05, 0) is 49.4 Å². The maximum Gasteiger partial charge on any atom is -0.0204 e. The Labute approximate surface area is 126 Å². The van der Waals surface area contributed by atoms with Crippen LogP contribution in [-0.4, -0.2) is 0 Å². The number of hydrogen-bond acceptors (Lipinski definition) is 0. The molecule has 0 radical (unpaired) electrons. The highest BCUT2D eigenvalue weighted by atomic mass is 14.2. The Morgan fingerprint density at radius 1 is 0.800 bits per heavy atom. The van der Waals surface area contributed by atoms with Crippen LogP contribution in [0.4, 0.5) is 0 Å². The summed E-state index contributed by atoms with van der Waals surface area (Å²) in [5.74, 6) is 3.18. The first-order valence-corrected chi connectivity index (χ1v) is 8.12. The molecule has 2 aliphatic rings. The summed E-state index contributed by atoms with van der Waals surface area (Å²) in [6.45, 7) is 17.0. The molecule has 2 unspecified atom stereocenters. The van der Waals surface area contributed by atoms with Crippen molar-refractivity contribution in [1.82, 2.24) is 0 Å². The SMILES string of the molecule is C=C1C=CC(C(C)C)CC1.C=C1C=CC(C(C)C)CC1. The highest BCUT2D eigenvalue weighted by Crippen LogP contribution is 2.26. The van der Waals surface area contributed by atoms with Crippen LogP contribution < -0.4 is 0 Å². The zero-order valence-electron chi connectivity index (χ0n) is 13.9. The molecule has 112 valence electrons. The largest absolute Gasteiger partial charge is 0.0958 e. The minimum Gasteiger partial charge on any atom is -0.0958 e. The van der Waals surface area contributed by atoms with Crippen molar-refractivity contribution in [2.45, 2.75) is 53.4 Å². The van der Waals surface area contributed by atoms with Crippen LogP contribution in [0.15, 0.2) is 48.6 Å². The van der Waals surface area contributed by atoms with Crippen LogP contribution >= 0.6 is 0 Å². The second kappa shape index (κ2) is 8.29. The molecule has 2 aliphatic carbocycles. The first kappa shape index (κ1) is 17.0. The molecule has 0 nitrogen and oxygen atoms in total. The molecule has 0 saturated carbocycles. The van der Waals surface area contributed by atoms with E-state index in [4.69, 9.17) is 0 Å². The summed E-state index contributed by atoms with van der Waals surface area (Å²) in [7, 11) is 0. The molecule has 0 aliphatic heterocycles. The van der Waals surface area contributed by atoms with Gasteiger partial charge in [-0.3, -0.25) is 0 Å². The lowest BCUT2D eigenvalue weighted by Crippen LogP contribution is -2.08. The van der Waals surface area contributed by atoms with E-state index in [0.29, 0.717) is 0 Å². The van der Waals surface area contributed by atoms with Gasteiger partial charge in [-0.2, -0.15) is 0 Å². The Kier molecular flexibility index (Phi) is 7.05. The first-order valence-electron chi connectivity index (χ1n) is 8.12. The molecule has 20 heavy (non-hydrogen) atoms. The van der Waals surface area contributed by atoms with E-state index in [-0.39, 0.29) is 0 Å². The van der Waals surface area contributed by atoms with Gasteiger partial charge in [-0.25, -0.2) is 0 Å². The van der Waals surface area contributed by atoms with E-state index in [9.17, 15) is 0 Å². The molecule has 0 aromatic heterocycles. The summed E-state index contributed by atoms with van der Waals surface area (Å²) >= 11 is 0. The molecule has 0 saturated heterocycles. The minimum absolute atomic E-state index is 0.796. The van der Waals surface area contributed by atoms with Crippen molar-refractivity contribution in [2.24, 2.45) is 23.7 Å². The predicted molar refractivity (Wildman–Crippen MR) is 91.7 cm³/mol. The van der Waals surface area contributed by atoms with Crippen LogP contribution in [0.1, 0.15) is 53.4 Å². The maximum absolute atomic E-state index is 3.92. The van der Waals surface area contributed by atoms with Gasteiger partial charge in [0.25, 0.3) is 0 Å². The van der Waals surface area contributed by atoms with E-state index in [1.807, 2.05) is 0 Å². The average molecular weight is 272 g/mol. The Balaban J connectivity index is 0.000000200. The molecule has 0 fully saturated rings. The average Bonchev–Trinajstić information content (AvgIpc) is 2.40. The summed E-state index contributed by atoms with van der Waals surface area (Å²) in [4.78, 5) is 0. The first-order chi connectivity index (χ1) is 9.40. The van der Waals surface area contributed by atoms with Crippen molar-refractivity contribution in [3.8, 4) is 0 Å². The van der Waals surface area contributed by atoms with Gasteiger partial charge < -0.3 is 0 Å². The zero-order chi connectivity index (χ0) is 15.1. The topological polar surface area (TPSA) is 0 Å². The van der Waals surface area contributed by atoms with Gasteiger partial charge in [0.05, 0.1) is 0 Å². The molecular weight excluding hydrogens is 240 g/mol. The summed E-state index contributed by atoms with van der Waals surface area (Å²) in [5, 5.41) is 0. The van der Waals surface area contributed by atoms with Crippen LogP contribution in [0.5, 0.6) is 0 Å². The lowest BCUT2D eigenvalue weighted by Gasteiger charge is -2.20. The number of rotatable bonds is 2. The Hall–Kier alpha value is -1.04. The summed E-state index contributed by atoms with van der Waals surface area (Å²) in [5.41, 5.74) is 2.58. The quantitative estimate of drug-likeness (QED) is 0.551. The Morgan fingerprint density at radius 3 is 1.35 bits per heavy atom. The third-order valence-electron chi connectivity index (χ3n) is 4.47.